The molecule has 1 aromatic rings. The van der Waals surface area contributed by atoms with E-state index in [1.54, 1.807) is 7.11 Å². The van der Waals surface area contributed by atoms with Crippen molar-refractivity contribution in [2.75, 3.05) is 32.2 Å². The zero-order valence-corrected chi connectivity index (χ0v) is 13.4. The minimum Gasteiger partial charge on any atom is -0.382 e. The van der Waals surface area contributed by atoms with E-state index in [2.05, 4.69) is 10.6 Å². The Hall–Kier alpha value is -1.43. The molecular formula is C16H26N2O3. The average Bonchev–Trinajstić information content (AvgIpc) is 2.41. The third kappa shape index (κ3) is 8.45. The summed E-state index contributed by atoms with van der Waals surface area (Å²) in [4.78, 5) is 11.8. The van der Waals surface area contributed by atoms with Crippen molar-refractivity contribution in [1.82, 2.24) is 5.32 Å². The van der Waals surface area contributed by atoms with E-state index in [0.29, 0.717) is 19.8 Å². The molecule has 0 bridgehead atoms. The van der Waals surface area contributed by atoms with Crippen molar-refractivity contribution in [1.29, 1.82) is 0 Å². The van der Waals surface area contributed by atoms with Gasteiger partial charge in [-0.25, -0.2) is 0 Å². The van der Waals surface area contributed by atoms with Crippen LogP contribution in [-0.2, 0) is 20.9 Å². The molecule has 0 saturated heterocycles. The van der Waals surface area contributed by atoms with Crippen LogP contribution < -0.4 is 10.6 Å². The monoisotopic (exact) mass is 294 g/mol. The first-order valence-electron chi connectivity index (χ1n) is 7.11. The predicted molar refractivity (Wildman–Crippen MR) is 84.4 cm³/mol. The molecule has 5 nitrogen and oxygen atoms in total. The van der Waals surface area contributed by atoms with Crippen LogP contribution in [0.15, 0.2) is 24.3 Å². The van der Waals surface area contributed by atoms with Crippen LogP contribution in [0.1, 0.15) is 26.3 Å². The number of amides is 1. The Kier molecular flexibility index (Phi) is 7.36. The number of carbonyl (C=O) groups is 1. The van der Waals surface area contributed by atoms with Gasteiger partial charge in [0.25, 0.3) is 0 Å². The van der Waals surface area contributed by atoms with Gasteiger partial charge in [-0.2, -0.15) is 0 Å². The summed E-state index contributed by atoms with van der Waals surface area (Å²) in [5.74, 6) is -0.0534. The summed E-state index contributed by atoms with van der Waals surface area (Å²) in [5, 5.41) is 6.03. The van der Waals surface area contributed by atoms with E-state index >= 15 is 0 Å². The van der Waals surface area contributed by atoms with Gasteiger partial charge < -0.3 is 20.1 Å². The summed E-state index contributed by atoms with van der Waals surface area (Å²) < 4.78 is 10.4. The molecule has 21 heavy (non-hydrogen) atoms. The number of hydrogen-bond acceptors (Lipinski definition) is 4. The van der Waals surface area contributed by atoms with E-state index in [-0.39, 0.29) is 18.0 Å². The number of anilines is 1. The van der Waals surface area contributed by atoms with Crippen LogP contribution in [0.2, 0.25) is 0 Å². The SMILES string of the molecule is COCCOCc1cccc(NC(=O)CNC(C)(C)C)c1. The lowest BCUT2D eigenvalue weighted by atomic mass is 10.1. The minimum absolute atomic E-state index is 0.0534. The summed E-state index contributed by atoms with van der Waals surface area (Å²) in [6.45, 7) is 8.01. The summed E-state index contributed by atoms with van der Waals surface area (Å²) in [7, 11) is 1.64. The molecule has 0 spiro atoms. The average molecular weight is 294 g/mol. The summed E-state index contributed by atoms with van der Waals surface area (Å²) in [5.41, 5.74) is 1.73. The number of methoxy groups -OCH3 is 1. The Bertz CT molecular complexity index is 441. The number of ether oxygens (including phenoxy) is 2. The second-order valence-corrected chi connectivity index (χ2v) is 5.90. The van der Waals surface area contributed by atoms with Crippen molar-refractivity contribution in [3.63, 3.8) is 0 Å². The van der Waals surface area contributed by atoms with Gasteiger partial charge >= 0.3 is 0 Å². The second kappa shape index (κ2) is 8.77. The molecular weight excluding hydrogens is 268 g/mol. The summed E-state index contributed by atoms with van der Waals surface area (Å²) in [6.07, 6.45) is 0. The number of rotatable bonds is 8. The molecule has 0 heterocycles. The van der Waals surface area contributed by atoms with Gasteiger partial charge in [-0.1, -0.05) is 12.1 Å². The van der Waals surface area contributed by atoms with Crippen molar-refractivity contribution >= 4 is 11.6 Å². The first kappa shape index (κ1) is 17.6. The predicted octanol–water partition coefficient (Wildman–Crippen LogP) is 2.18. The van der Waals surface area contributed by atoms with Gasteiger partial charge in [0.2, 0.25) is 5.91 Å². The van der Waals surface area contributed by atoms with Gasteiger partial charge in [0.05, 0.1) is 26.4 Å². The van der Waals surface area contributed by atoms with Crippen molar-refractivity contribution in [2.24, 2.45) is 0 Å². The highest BCUT2D eigenvalue weighted by Crippen LogP contribution is 2.11. The number of nitrogens with one attached hydrogen (secondary N) is 2. The molecule has 0 aliphatic carbocycles. The molecule has 0 unspecified atom stereocenters. The number of benzene rings is 1. The Morgan fingerprint density at radius 3 is 2.67 bits per heavy atom. The summed E-state index contributed by atoms with van der Waals surface area (Å²) in [6, 6.07) is 7.66. The molecule has 1 aromatic carbocycles. The maximum absolute atomic E-state index is 11.8. The Morgan fingerprint density at radius 1 is 1.24 bits per heavy atom. The van der Waals surface area contributed by atoms with Crippen molar-refractivity contribution in [3.8, 4) is 0 Å². The quantitative estimate of drug-likeness (QED) is 0.722. The van der Waals surface area contributed by atoms with E-state index in [4.69, 9.17) is 9.47 Å². The van der Waals surface area contributed by atoms with Crippen LogP contribution >= 0.6 is 0 Å². The third-order valence-electron chi connectivity index (χ3n) is 2.69. The fourth-order valence-corrected chi connectivity index (χ4v) is 1.62. The van der Waals surface area contributed by atoms with Crippen LogP contribution in [0.25, 0.3) is 0 Å². The van der Waals surface area contributed by atoms with Crippen LogP contribution in [0.5, 0.6) is 0 Å². The zero-order chi connectivity index (χ0) is 15.7. The fourth-order valence-electron chi connectivity index (χ4n) is 1.62. The smallest absolute Gasteiger partial charge is 0.238 e. The molecule has 0 saturated carbocycles. The standard InChI is InChI=1S/C16H26N2O3/c1-16(2,3)17-11-15(19)18-14-7-5-6-13(10-14)12-21-9-8-20-4/h5-7,10,17H,8-9,11-12H2,1-4H3,(H,18,19). The van der Waals surface area contributed by atoms with E-state index in [1.807, 2.05) is 45.0 Å². The van der Waals surface area contributed by atoms with Gasteiger partial charge in [-0.05, 0) is 38.5 Å². The minimum atomic E-state index is -0.0750. The third-order valence-corrected chi connectivity index (χ3v) is 2.69. The van der Waals surface area contributed by atoms with Crippen LogP contribution in [-0.4, -0.2) is 38.3 Å². The Balaban J connectivity index is 2.43. The lowest BCUT2D eigenvalue weighted by Crippen LogP contribution is -2.41. The van der Waals surface area contributed by atoms with Gasteiger partial charge in [0.1, 0.15) is 0 Å². The number of hydrogen-bond donors (Lipinski definition) is 2. The zero-order valence-electron chi connectivity index (χ0n) is 13.4. The van der Waals surface area contributed by atoms with Gasteiger partial charge in [-0.15, -0.1) is 0 Å². The van der Waals surface area contributed by atoms with Crippen molar-refractivity contribution in [2.45, 2.75) is 32.9 Å². The van der Waals surface area contributed by atoms with E-state index in [0.717, 1.165) is 11.3 Å². The van der Waals surface area contributed by atoms with Crippen LogP contribution in [0.4, 0.5) is 5.69 Å². The number of carbonyl (C=O) groups excluding carboxylic acids is 1. The van der Waals surface area contributed by atoms with E-state index in [9.17, 15) is 4.79 Å². The maximum atomic E-state index is 11.8. The van der Waals surface area contributed by atoms with Gasteiger partial charge in [-0.3, -0.25) is 4.79 Å². The van der Waals surface area contributed by atoms with Gasteiger partial charge in [0.15, 0.2) is 0 Å². The molecule has 0 atom stereocenters. The van der Waals surface area contributed by atoms with Crippen molar-refractivity contribution < 1.29 is 14.3 Å². The normalized spacial score (nSPS) is 11.4. The van der Waals surface area contributed by atoms with Gasteiger partial charge in [0, 0.05) is 18.3 Å². The second-order valence-electron chi connectivity index (χ2n) is 5.90. The first-order valence-corrected chi connectivity index (χ1v) is 7.11. The lowest BCUT2D eigenvalue weighted by Gasteiger charge is -2.20. The molecule has 0 aromatic heterocycles. The Labute approximate surface area is 127 Å². The molecule has 5 heteroatoms. The molecule has 0 radical (unpaired) electrons. The van der Waals surface area contributed by atoms with Crippen LogP contribution in [0.3, 0.4) is 0 Å². The highest BCUT2D eigenvalue weighted by molar-refractivity contribution is 5.92. The maximum Gasteiger partial charge on any atom is 0.238 e. The largest absolute Gasteiger partial charge is 0.382 e. The molecule has 1 rings (SSSR count). The fraction of sp³-hybridized carbons (Fsp3) is 0.562. The Morgan fingerprint density at radius 2 is 2.00 bits per heavy atom. The molecule has 0 aliphatic rings. The highest BCUT2D eigenvalue weighted by Gasteiger charge is 2.11. The first-order chi connectivity index (χ1) is 9.90. The van der Waals surface area contributed by atoms with E-state index < -0.39 is 0 Å². The van der Waals surface area contributed by atoms with Crippen LogP contribution in [0, 0.1) is 0 Å². The molecule has 1 amide bonds. The van der Waals surface area contributed by atoms with Crippen molar-refractivity contribution in [3.05, 3.63) is 29.8 Å². The lowest BCUT2D eigenvalue weighted by molar-refractivity contribution is -0.115. The van der Waals surface area contributed by atoms with E-state index in [1.165, 1.54) is 0 Å². The molecule has 118 valence electrons. The molecule has 2 N–H and O–H groups in total. The topological polar surface area (TPSA) is 59.6 Å². The summed E-state index contributed by atoms with van der Waals surface area (Å²) >= 11 is 0. The molecule has 0 fully saturated rings. The molecule has 0 aliphatic heterocycles. The highest BCUT2D eigenvalue weighted by atomic mass is 16.5.